The molecule has 0 amide bonds. The third-order valence-electron chi connectivity index (χ3n) is 3.26. The molecule has 2 N–H and O–H groups in total. The van der Waals surface area contributed by atoms with Gasteiger partial charge >= 0.3 is 5.97 Å². The molecule has 5 heteroatoms. The number of aromatic hydroxyl groups is 1. The van der Waals surface area contributed by atoms with Gasteiger partial charge in [0.2, 0.25) is 0 Å². The molecular weight excluding hydrogens is 304 g/mol. The zero-order chi connectivity index (χ0) is 16.3. The summed E-state index contributed by atoms with van der Waals surface area (Å²) in [7, 11) is 1.43. The van der Waals surface area contributed by atoms with Crippen molar-refractivity contribution < 1.29 is 19.7 Å². The number of phenolic OH excluding ortho intramolecular Hbond substituents is 1. The van der Waals surface area contributed by atoms with Gasteiger partial charge in [0.05, 0.1) is 12.7 Å². The average molecular weight is 319 g/mol. The summed E-state index contributed by atoms with van der Waals surface area (Å²) in [6, 6.07) is 9.89. The van der Waals surface area contributed by atoms with Crippen molar-refractivity contribution in [3.05, 3.63) is 58.1 Å². The van der Waals surface area contributed by atoms with Crippen molar-refractivity contribution in [1.82, 2.24) is 0 Å². The Kier molecular flexibility index (Phi) is 4.73. The molecular formula is C17H15ClO4. The fraction of sp³-hybridized carbons (Fsp3) is 0.118. The third kappa shape index (κ3) is 3.23. The van der Waals surface area contributed by atoms with Crippen LogP contribution in [0, 0.1) is 6.92 Å². The molecule has 0 unspecified atom stereocenters. The summed E-state index contributed by atoms with van der Waals surface area (Å²) in [5, 5.41) is 20.0. The normalized spacial score (nSPS) is 11.3. The molecule has 4 nitrogen and oxygen atoms in total. The van der Waals surface area contributed by atoms with Crippen LogP contribution in [-0.2, 0) is 4.79 Å². The summed E-state index contributed by atoms with van der Waals surface area (Å²) in [4.78, 5) is 11.5. The number of aliphatic carboxylic acids is 1. The molecule has 114 valence electrons. The van der Waals surface area contributed by atoms with Crippen LogP contribution in [0.25, 0.3) is 11.6 Å². The number of halogens is 1. The van der Waals surface area contributed by atoms with Crippen LogP contribution in [0.4, 0.5) is 0 Å². The van der Waals surface area contributed by atoms with E-state index in [4.69, 9.17) is 16.3 Å². The smallest absolute Gasteiger partial charge is 0.336 e. The van der Waals surface area contributed by atoms with Gasteiger partial charge in [-0.15, -0.1) is 0 Å². The predicted molar refractivity (Wildman–Crippen MR) is 86.4 cm³/mol. The first-order valence-corrected chi connectivity index (χ1v) is 6.89. The van der Waals surface area contributed by atoms with Gasteiger partial charge in [0.1, 0.15) is 0 Å². The first-order valence-electron chi connectivity index (χ1n) is 6.51. The van der Waals surface area contributed by atoms with Gasteiger partial charge in [0, 0.05) is 10.6 Å². The van der Waals surface area contributed by atoms with Crippen LogP contribution in [0.2, 0.25) is 5.02 Å². The number of carbonyl (C=O) groups is 1. The topological polar surface area (TPSA) is 66.8 Å². The van der Waals surface area contributed by atoms with E-state index in [-0.39, 0.29) is 17.1 Å². The number of carboxylic acids is 1. The quantitative estimate of drug-likeness (QED) is 0.661. The minimum absolute atomic E-state index is 0.0328. The number of phenols is 1. The van der Waals surface area contributed by atoms with Crippen LogP contribution in [-0.4, -0.2) is 23.3 Å². The van der Waals surface area contributed by atoms with E-state index in [9.17, 15) is 15.0 Å². The molecule has 0 fully saturated rings. The Hall–Kier alpha value is -2.46. The lowest BCUT2D eigenvalue weighted by molar-refractivity contribution is -0.130. The Morgan fingerprint density at radius 3 is 2.59 bits per heavy atom. The second-order valence-corrected chi connectivity index (χ2v) is 5.13. The first kappa shape index (κ1) is 15.9. The van der Waals surface area contributed by atoms with E-state index in [1.807, 2.05) is 6.92 Å². The van der Waals surface area contributed by atoms with Crippen molar-refractivity contribution in [2.24, 2.45) is 0 Å². The standard InChI is InChI=1S/C17H15ClO4/c1-10-6-7-11(9-14(10)18)13(17(20)21)8-12-4-3-5-15(22-2)16(12)19/h3-9,19H,1-2H3,(H,20,21)/b13-8-. The van der Waals surface area contributed by atoms with Crippen LogP contribution in [0.1, 0.15) is 16.7 Å². The summed E-state index contributed by atoms with van der Waals surface area (Å²) in [6.07, 6.45) is 1.39. The maximum atomic E-state index is 11.5. The van der Waals surface area contributed by atoms with Gasteiger partial charge < -0.3 is 14.9 Å². The van der Waals surface area contributed by atoms with Gasteiger partial charge in [0.15, 0.2) is 11.5 Å². The molecule has 0 aliphatic carbocycles. The molecule has 2 aromatic carbocycles. The highest BCUT2D eigenvalue weighted by Gasteiger charge is 2.14. The summed E-state index contributed by atoms with van der Waals surface area (Å²) < 4.78 is 5.02. The van der Waals surface area contributed by atoms with Crippen LogP contribution in [0.5, 0.6) is 11.5 Å². The van der Waals surface area contributed by atoms with E-state index in [0.717, 1.165) is 5.56 Å². The van der Waals surface area contributed by atoms with E-state index < -0.39 is 5.97 Å². The molecule has 0 radical (unpaired) electrons. The highest BCUT2D eigenvalue weighted by atomic mass is 35.5. The molecule has 22 heavy (non-hydrogen) atoms. The van der Waals surface area contributed by atoms with Crippen molar-refractivity contribution in [2.45, 2.75) is 6.92 Å². The molecule has 0 bridgehead atoms. The van der Waals surface area contributed by atoms with Gasteiger partial charge in [0.25, 0.3) is 0 Å². The van der Waals surface area contributed by atoms with Crippen LogP contribution < -0.4 is 4.74 Å². The Bertz CT molecular complexity index is 750. The Balaban J connectivity index is 2.57. The molecule has 0 heterocycles. The fourth-order valence-electron chi connectivity index (χ4n) is 2.00. The average Bonchev–Trinajstić information content (AvgIpc) is 2.49. The first-order chi connectivity index (χ1) is 10.4. The largest absolute Gasteiger partial charge is 0.504 e. The lowest BCUT2D eigenvalue weighted by atomic mass is 10.0. The number of rotatable bonds is 4. The van der Waals surface area contributed by atoms with Gasteiger partial charge in [-0.2, -0.15) is 0 Å². The summed E-state index contributed by atoms with van der Waals surface area (Å²) >= 11 is 6.05. The van der Waals surface area contributed by atoms with Crippen molar-refractivity contribution in [1.29, 1.82) is 0 Å². The summed E-state index contributed by atoms with van der Waals surface area (Å²) in [6.45, 7) is 1.84. The lowest BCUT2D eigenvalue weighted by Crippen LogP contribution is -2.00. The number of methoxy groups -OCH3 is 1. The minimum Gasteiger partial charge on any atom is -0.504 e. The minimum atomic E-state index is -1.11. The number of benzene rings is 2. The monoisotopic (exact) mass is 318 g/mol. The van der Waals surface area contributed by atoms with E-state index in [1.54, 1.807) is 36.4 Å². The van der Waals surface area contributed by atoms with Crippen molar-refractivity contribution in [3.63, 3.8) is 0 Å². The van der Waals surface area contributed by atoms with Gasteiger partial charge in [-0.3, -0.25) is 0 Å². The molecule has 0 saturated heterocycles. The molecule has 0 aliphatic rings. The molecule has 0 saturated carbocycles. The second-order valence-electron chi connectivity index (χ2n) is 4.73. The number of hydrogen-bond donors (Lipinski definition) is 2. The molecule has 2 aromatic rings. The molecule has 2 rings (SSSR count). The van der Waals surface area contributed by atoms with E-state index in [0.29, 0.717) is 16.1 Å². The highest BCUT2D eigenvalue weighted by Crippen LogP contribution is 2.33. The molecule has 0 spiro atoms. The zero-order valence-electron chi connectivity index (χ0n) is 12.1. The van der Waals surface area contributed by atoms with Crippen LogP contribution in [0.3, 0.4) is 0 Å². The third-order valence-corrected chi connectivity index (χ3v) is 3.67. The zero-order valence-corrected chi connectivity index (χ0v) is 12.9. The Labute approximate surface area is 133 Å². The predicted octanol–water partition coefficient (Wildman–Crippen LogP) is 3.99. The van der Waals surface area contributed by atoms with Crippen molar-refractivity contribution in [3.8, 4) is 11.5 Å². The Morgan fingerprint density at radius 1 is 1.27 bits per heavy atom. The number of carboxylic acid groups (broad SMARTS) is 1. The number of aryl methyl sites for hydroxylation is 1. The lowest BCUT2D eigenvalue weighted by Gasteiger charge is -2.08. The maximum absolute atomic E-state index is 11.5. The highest BCUT2D eigenvalue weighted by molar-refractivity contribution is 6.32. The number of para-hydroxylation sites is 1. The van der Waals surface area contributed by atoms with Gasteiger partial charge in [-0.1, -0.05) is 35.9 Å². The number of hydrogen-bond acceptors (Lipinski definition) is 3. The SMILES string of the molecule is COc1cccc(/C=C(\C(=O)O)c2ccc(C)c(Cl)c2)c1O. The second kappa shape index (κ2) is 6.54. The molecule has 0 aromatic heterocycles. The van der Waals surface area contributed by atoms with Crippen molar-refractivity contribution in [2.75, 3.05) is 7.11 Å². The summed E-state index contributed by atoms with van der Waals surface area (Å²) in [5.41, 5.74) is 1.71. The van der Waals surface area contributed by atoms with Crippen LogP contribution in [0.15, 0.2) is 36.4 Å². The van der Waals surface area contributed by atoms with E-state index in [2.05, 4.69) is 0 Å². The van der Waals surface area contributed by atoms with Crippen LogP contribution >= 0.6 is 11.6 Å². The molecule has 0 aliphatic heterocycles. The van der Waals surface area contributed by atoms with Crippen molar-refractivity contribution >= 4 is 29.2 Å². The fourth-order valence-corrected chi connectivity index (χ4v) is 2.19. The molecule has 0 atom stereocenters. The summed E-state index contributed by atoms with van der Waals surface area (Å²) in [5.74, 6) is -0.940. The van der Waals surface area contributed by atoms with Gasteiger partial charge in [-0.25, -0.2) is 4.79 Å². The van der Waals surface area contributed by atoms with E-state index >= 15 is 0 Å². The van der Waals surface area contributed by atoms with E-state index in [1.165, 1.54) is 13.2 Å². The number of ether oxygens (including phenoxy) is 1. The Morgan fingerprint density at radius 2 is 2.00 bits per heavy atom. The maximum Gasteiger partial charge on any atom is 0.336 e. The van der Waals surface area contributed by atoms with Gasteiger partial charge in [-0.05, 0) is 36.3 Å².